The minimum absolute atomic E-state index is 0.0345. The fourth-order valence-electron chi connectivity index (χ4n) is 5.67. The van der Waals surface area contributed by atoms with Gasteiger partial charge in [-0.15, -0.1) is 0 Å². The number of fused-ring (bicyclic) bond motifs is 1. The molecule has 5 rings (SSSR count). The topological polar surface area (TPSA) is 21.1 Å². The van der Waals surface area contributed by atoms with E-state index in [9.17, 15) is 13.2 Å². The number of rotatable bonds is 3. The number of thioether (sulfide) groups is 1. The van der Waals surface area contributed by atoms with Crippen LogP contribution in [0, 0.1) is 17.3 Å². The van der Waals surface area contributed by atoms with Crippen LogP contribution in [0.3, 0.4) is 0 Å². The van der Waals surface area contributed by atoms with Crippen molar-refractivity contribution in [2.75, 3.05) is 24.6 Å². The Labute approximate surface area is 156 Å². The first-order chi connectivity index (χ1) is 12.3. The Morgan fingerprint density at radius 3 is 2.42 bits per heavy atom. The van der Waals surface area contributed by atoms with E-state index in [2.05, 4.69) is 21.8 Å². The molecular weight excluding hydrogens is 359 g/mol. The lowest BCUT2D eigenvalue weighted by atomic mass is 9.91. The van der Waals surface area contributed by atoms with Crippen molar-refractivity contribution in [1.82, 2.24) is 14.7 Å². The summed E-state index contributed by atoms with van der Waals surface area (Å²) < 4.78 is 41.0. The molecular formula is C19H26F3N3S. The predicted molar refractivity (Wildman–Crippen MR) is 96.3 cm³/mol. The SMILES string of the molecule is CC(C)n1nc(C(F)(F)F)cc1C1C2CC(N3CCC4(CSC4)C3)CC21. The second kappa shape index (κ2) is 5.66. The van der Waals surface area contributed by atoms with Crippen molar-refractivity contribution < 1.29 is 13.2 Å². The molecule has 2 aliphatic carbocycles. The fraction of sp³-hybridized carbons (Fsp3) is 0.842. The van der Waals surface area contributed by atoms with Crippen LogP contribution in [0.15, 0.2) is 6.07 Å². The van der Waals surface area contributed by atoms with Crippen molar-refractivity contribution in [2.24, 2.45) is 17.3 Å². The van der Waals surface area contributed by atoms with Gasteiger partial charge < -0.3 is 0 Å². The highest BCUT2D eigenvalue weighted by Crippen LogP contribution is 2.64. The van der Waals surface area contributed by atoms with Crippen molar-refractivity contribution in [3.8, 4) is 0 Å². The summed E-state index contributed by atoms with van der Waals surface area (Å²) in [6.45, 7) is 6.30. The van der Waals surface area contributed by atoms with E-state index in [4.69, 9.17) is 0 Å². The molecule has 26 heavy (non-hydrogen) atoms. The van der Waals surface area contributed by atoms with Gasteiger partial charge in [0.15, 0.2) is 5.69 Å². The molecule has 3 heterocycles. The van der Waals surface area contributed by atoms with Crippen molar-refractivity contribution >= 4 is 11.8 Å². The summed E-state index contributed by atoms with van der Waals surface area (Å²) in [5.74, 6) is 4.04. The maximum atomic E-state index is 13.1. The van der Waals surface area contributed by atoms with E-state index < -0.39 is 11.9 Å². The maximum Gasteiger partial charge on any atom is 0.435 e. The van der Waals surface area contributed by atoms with Gasteiger partial charge in [-0.3, -0.25) is 9.58 Å². The van der Waals surface area contributed by atoms with Crippen LogP contribution in [0.25, 0.3) is 0 Å². The standard InChI is InChI=1S/C19H26F3N3S/c1-11(2)25-15(7-16(23-25)19(20,21)22)17-13-5-12(6-14(13)17)24-4-3-18(8-24)9-26-10-18/h7,11-14,17H,3-6,8-10H2,1-2H3. The van der Waals surface area contributed by atoms with Crippen molar-refractivity contribution in [3.05, 3.63) is 17.5 Å². The number of alkyl halides is 3. The maximum absolute atomic E-state index is 13.1. The van der Waals surface area contributed by atoms with Crippen LogP contribution >= 0.6 is 11.8 Å². The molecule has 1 spiro atoms. The average Bonchev–Trinajstić information content (AvgIpc) is 3.03. The molecule has 1 aromatic heterocycles. The number of halogens is 3. The first-order valence-corrected chi connectivity index (χ1v) is 10.9. The normalized spacial score (nSPS) is 35.9. The Kier molecular flexibility index (Phi) is 3.79. The third kappa shape index (κ3) is 2.64. The van der Waals surface area contributed by atoms with Crippen LogP contribution in [-0.4, -0.2) is 45.3 Å². The quantitative estimate of drug-likeness (QED) is 0.769. The molecule has 3 nitrogen and oxygen atoms in total. The summed E-state index contributed by atoms with van der Waals surface area (Å²) in [6, 6.07) is 1.94. The largest absolute Gasteiger partial charge is 0.435 e. The highest BCUT2D eigenvalue weighted by atomic mass is 32.2. The molecule has 0 bridgehead atoms. The van der Waals surface area contributed by atoms with Gasteiger partial charge in [-0.25, -0.2) is 0 Å². The van der Waals surface area contributed by atoms with Gasteiger partial charge in [-0.05, 0) is 57.6 Å². The monoisotopic (exact) mass is 385 g/mol. The van der Waals surface area contributed by atoms with E-state index >= 15 is 0 Å². The minimum Gasteiger partial charge on any atom is -0.300 e. The van der Waals surface area contributed by atoms with Gasteiger partial charge in [0, 0.05) is 47.2 Å². The molecule has 2 saturated heterocycles. The summed E-state index contributed by atoms with van der Waals surface area (Å²) in [6.07, 6.45) is -0.706. The number of hydrogen-bond acceptors (Lipinski definition) is 3. The van der Waals surface area contributed by atoms with Gasteiger partial charge in [0.25, 0.3) is 0 Å². The Hall–Kier alpha value is -0.690. The molecule has 0 radical (unpaired) electrons. The zero-order valence-corrected chi connectivity index (χ0v) is 16.1. The zero-order valence-electron chi connectivity index (χ0n) is 15.3. The molecule has 4 aliphatic rings. The lowest BCUT2D eigenvalue weighted by Gasteiger charge is -2.38. The second-order valence-electron chi connectivity index (χ2n) is 9.18. The summed E-state index contributed by atoms with van der Waals surface area (Å²) in [4.78, 5) is 2.68. The fourth-order valence-corrected chi connectivity index (χ4v) is 6.92. The second-order valence-corrected chi connectivity index (χ2v) is 10.2. The van der Waals surface area contributed by atoms with E-state index in [0.29, 0.717) is 23.3 Å². The van der Waals surface area contributed by atoms with Crippen LogP contribution in [-0.2, 0) is 6.18 Å². The molecule has 2 saturated carbocycles. The number of likely N-dealkylation sites (tertiary alicyclic amines) is 1. The third-order valence-corrected chi connectivity index (χ3v) is 8.74. The molecule has 2 atom stereocenters. The number of hydrogen-bond donors (Lipinski definition) is 0. The van der Waals surface area contributed by atoms with Crippen LogP contribution in [0.4, 0.5) is 13.2 Å². The van der Waals surface area contributed by atoms with Gasteiger partial charge >= 0.3 is 6.18 Å². The molecule has 0 amide bonds. The van der Waals surface area contributed by atoms with Gasteiger partial charge in [-0.2, -0.15) is 30.0 Å². The summed E-state index contributed by atoms with van der Waals surface area (Å²) in [7, 11) is 0. The molecule has 0 N–H and O–H groups in total. The highest BCUT2D eigenvalue weighted by molar-refractivity contribution is 8.00. The number of nitrogens with zero attached hydrogens (tertiary/aromatic N) is 3. The van der Waals surface area contributed by atoms with Crippen LogP contribution < -0.4 is 0 Å². The van der Waals surface area contributed by atoms with E-state index in [1.165, 1.54) is 37.1 Å². The highest BCUT2D eigenvalue weighted by Gasteiger charge is 2.60. The van der Waals surface area contributed by atoms with Gasteiger partial charge in [0.1, 0.15) is 0 Å². The van der Waals surface area contributed by atoms with E-state index in [1.807, 2.05) is 13.8 Å². The molecule has 4 fully saturated rings. The van der Waals surface area contributed by atoms with Crippen molar-refractivity contribution in [2.45, 2.75) is 57.3 Å². The Bertz CT molecular complexity index is 697. The Morgan fingerprint density at radius 2 is 1.92 bits per heavy atom. The lowest BCUT2D eigenvalue weighted by Crippen LogP contribution is -2.41. The Balaban J connectivity index is 1.28. The van der Waals surface area contributed by atoms with E-state index in [1.54, 1.807) is 4.68 Å². The van der Waals surface area contributed by atoms with Crippen molar-refractivity contribution in [1.29, 1.82) is 0 Å². The summed E-state index contributed by atoms with van der Waals surface area (Å²) in [5, 5.41) is 3.88. The minimum atomic E-state index is -4.36. The van der Waals surface area contributed by atoms with Crippen LogP contribution in [0.2, 0.25) is 0 Å². The number of aromatic nitrogens is 2. The van der Waals surface area contributed by atoms with Gasteiger partial charge in [0.2, 0.25) is 0 Å². The van der Waals surface area contributed by atoms with E-state index in [0.717, 1.165) is 18.5 Å². The summed E-state index contributed by atoms with van der Waals surface area (Å²) >= 11 is 2.06. The summed E-state index contributed by atoms with van der Waals surface area (Å²) in [5.41, 5.74) is 0.676. The van der Waals surface area contributed by atoms with Gasteiger partial charge in [-0.1, -0.05) is 0 Å². The zero-order chi connectivity index (χ0) is 18.3. The molecule has 0 aromatic carbocycles. The van der Waals surface area contributed by atoms with E-state index in [-0.39, 0.29) is 12.0 Å². The molecule has 1 aromatic rings. The third-order valence-electron chi connectivity index (χ3n) is 7.11. The smallest absolute Gasteiger partial charge is 0.300 e. The first-order valence-electron chi connectivity index (χ1n) is 9.76. The molecule has 2 aliphatic heterocycles. The van der Waals surface area contributed by atoms with Crippen LogP contribution in [0.1, 0.15) is 56.5 Å². The molecule has 7 heteroatoms. The molecule has 2 unspecified atom stereocenters. The van der Waals surface area contributed by atoms with Crippen LogP contribution in [0.5, 0.6) is 0 Å². The predicted octanol–water partition coefficient (Wildman–Crippen LogP) is 4.41. The molecule has 144 valence electrons. The first kappa shape index (κ1) is 17.4. The van der Waals surface area contributed by atoms with Crippen molar-refractivity contribution in [3.63, 3.8) is 0 Å². The Morgan fingerprint density at radius 1 is 1.23 bits per heavy atom. The lowest BCUT2D eigenvalue weighted by molar-refractivity contribution is -0.141. The average molecular weight is 385 g/mol. The van der Waals surface area contributed by atoms with Gasteiger partial charge in [0.05, 0.1) is 0 Å².